The Morgan fingerprint density at radius 3 is 2.78 bits per heavy atom. The molecule has 2 heterocycles. The van der Waals surface area contributed by atoms with Crippen LogP contribution in [0.1, 0.15) is 6.42 Å². The first kappa shape index (κ1) is 17.3. The van der Waals surface area contributed by atoms with Crippen LogP contribution in [0, 0.1) is 0 Å². The van der Waals surface area contributed by atoms with Crippen molar-refractivity contribution in [3.8, 4) is 0 Å². The Hall–Kier alpha value is -2.07. The van der Waals surface area contributed by atoms with Crippen LogP contribution < -0.4 is 16.2 Å². The molecule has 2 rings (SSSR count). The summed E-state index contributed by atoms with van der Waals surface area (Å²) < 4.78 is 42.7. The topological polar surface area (TPSA) is 92.6 Å². The van der Waals surface area contributed by atoms with E-state index in [1.807, 2.05) is 0 Å². The average Bonchev–Trinajstić information content (AvgIpc) is 2.91. The number of hydrogen-bond acceptors (Lipinski definition) is 4. The quantitative estimate of drug-likeness (QED) is 0.755. The van der Waals surface area contributed by atoms with E-state index < -0.39 is 29.9 Å². The van der Waals surface area contributed by atoms with Crippen molar-refractivity contribution in [3.63, 3.8) is 0 Å². The maximum Gasteiger partial charge on any atom is 0.406 e. The lowest BCUT2D eigenvalue weighted by Gasteiger charge is -2.26. The first-order valence-corrected chi connectivity index (χ1v) is 6.79. The Labute approximate surface area is 129 Å². The number of anilines is 1. The van der Waals surface area contributed by atoms with Crippen LogP contribution >= 0.6 is 0 Å². The summed E-state index contributed by atoms with van der Waals surface area (Å²) in [5.41, 5.74) is -2.22. The molecule has 0 saturated carbocycles. The number of nitrogens with one attached hydrogen (secondary N) is 2. The fourth-order valence-electron chi connectivity index (χ4n) is 2.21. The van der Waals surface area contributed by atoms with Gasteiger partial charge in [-0.05, 0) is 18.6 Å². The monoisotopic (exact) mass is 335 g/mol. The van der Waals surface area contributed by atoms with Crippen molar-refractivity contribution >= 4 is 11.7 Å². The summed E-state index contributed by atoms with van der Waals surface area (Å²) in [4.78, 5) is 23.8. The molecule has 0 aromatic carbocycles. The number of alkyl halides is 3. The van der Waals surface area contributed by atoms with Crippen LogP contribution in [0.15, 0.2) is 23.1 Å². The average molecular weight is 335 g/mol. The second-order valence-corrected chi connectivity index (χ2v) is 5.29. The molecule has 1 saturated heterocycles. The molecule has 1 fully saturated rings. The van der Waals surface area contributed by atoms with E-state index in [2.05, 4.69) is 10.6 Å². The van der Waals surface area contributed by atoms with Gasteiger partial charge in [-0.15, -0.1) is 0 Å². The van der Waals surface area contributed by atoms with Crippen LogP contribution in [-0.2, 0) is 11.3 Å². The minimum Gasteiger partial charge on any atom is -0.394 e. The van der Waals surface area contributed by atoms with Gasteiger partial charge in [0.05, 0.1) is 18.8 Å². The molecule has 1 aromatic rings. The van der Waals surface area contributed by atoms with Crippen molar-refractivity contribution < 1.29 is 27.8 Å². The van der Waals surface area contributed by atoms with Crippen LogP contribution in [0.3, 0.4) is 0 Å². The number of carbonyl (C=O) groups is 1. The van der Waals surface area contributed by atoms with Crippen LogP contribution in [0.5, 0.6) is 0 Å². The third-order valence-corrected chi connectivity index (χ3v) is 3.40. The molecule has 0 spiro atoms. The maximum atomic E-state index is 12.4. The summed E-state index contributed by atoms with van der Waals surface area (Å²) in [6, 6.07) is 1.63. The second kappa shape index (κ2) is 6.59. The summed E-state index contributed by atoms with van der Waals surface area (Å²) >= 11 is 0. The number of halogens is 3. The van der Waals surface area contributed by atoms with Crippen molar-refractivity contribution in [3.05, 3.63) is 28.7 Å². The van der Waals surface area contributed by atoms with E-state index in [1.54, 1.807) is 0 Å². The first-order chi connectivity index (χ1) is 10.7. The number of urea groups is 1. The fourth-order valence-corrected chi connectivity index (χ4v) is 2.21. The number of carbonyl (C=O) groups excluding carboxylic acids is 1. The Kier molecular flexibility index (Phi) is 4.95. The van der Waals surface area contributed by atoms with Crippen LogP contribution in [0.25, 0.3) is 0 Å². The fraction of sp³-hybridized carbons (Fsp3) is 0.538. The second-order valence-electron chi connectivity index (χ2n) is 5.29. The number of amides is 2. The number of rotatable bonds is 4. The highest BCUT2D eigenvalue weighted by Crippen LogP contribution is 2.18. The smallest absolute Gasteiger partial charge is 0.394 e. The zero-order chi connectivity index (χ0) is 17.1. The van der Waals surface area contributed by atoms with Gasteiger partial charge < -0.3 is 25.0 Å². The molecule has 128 valence electrons. The highest BCUT2D eigenvalue weighted by atomic mass is 19.4. The number of hydrogen-bond donors (Lipinski definition) is 3. The molecule has 0 bridgehead atoms. The summed E-state index contributed by atoms with van der Waals surface area (Å²) in [6.45, 7) is -1.32. The van der Waals surface area contributed by atoms with Gasteiger partial charge in [-0.3, -0.25) is 4.79 Å². The normalized spacial score (nSPS) is 21.2. The molecule has 2 amide bonds. The third kappa shape index (κ3) is 4.45. The predicted octanol–water partition coefficient (Wildman–Crippen LogP) is 0.683. The van der Waals surface area contributed by atoms with Crippen molar-refractivity contribution in [2.75, 3.05) is 25.1 Å². The molecular formula is C13H16F3N3O4. The van der Waals surface area contributed by atoms with E-state index in [4.69, 9.17) is 4.74 Å². The van der Waals surface area contributed by atoms with Crippen molar-refractivity contribution in [2.24, 2.45) is 0 Å². The van der Waals surface area contributed by atoms with Gasteiger partial charge >= 0.3 is 12.2 Å². The summed E-state index contributed by atoms with van der Waals surface area (Å²) in [5.74, 6) is 0. The Balaban J connectivity index is 2.09. The van der Waals surface area contributed by atoms with Gasteiger partial charge in [0.15, 0.2) is 0 Å². The largest absolute Gasteiger partial charge is 0.406 e. The molecule has 1 aliphatic rings. The highest BCUT2D eigenvalue weighted by molar-refractivity contribution is 5.89. The predicted molar refractivity (Wildman–Crippen MR) is 74.2 cm³/mol. The first-order valence-electron chi connectivity index (χ1n) is 6.79. The number of ether oxygens (including phenoxy) is 1. The van der Waals surface area contributed by atoms with Gasteiger partial charge in [-0.1, -0.05) is 0 Å². The molecule has 0 aliphatic carbocycles. The standard InChI is InChI=1S/C13H16F3N3O4/c14-13(15,16)6-19-4-1-2-9(10(19)21)17-11(22)18-12(7-20)3-5-23-8-12/h1-2,4,20H,3,5-8H2,(H2,17,18,22). The third-order valence-electron chi connectivity index (χ3n) is 3.40. The zero-order valence-corrected chi connectivity index (χ0v) is 12.0. The Bertz CT molecular complexity index is 624. The molecule has 10 heteroatoms. The molecule has 7 nitrogen and oxygen atoms in total. The van der Waals surface area contributed by atoms with Gasteiger partial charge in [0.1, 0.15) is 12.2 Å². The van der Waals surface area contributed by atoms with E-state index in [9.17, 15) is 27.9 Å². The van der Waals surface area contributed by atoms with E-state index >= 15 is 0 Å². The number of aliphatic hydroxyl groups excluding tert-OH is 1. The molecular weight excluding hydrogens is 319 g/mol. The minimum absolute atomic E-state index is 0.115. The van der Waals surface area contributed by atoms with Gasteiger partial charge in [0.25, 0.3) is 5.56 Å². The lowest BCUT2D eigenvalue weighted by molar-refractivity contribution is -0.141. The van der Waals surface area contributed by atoms with Crippen LogP contribution in [0.4, 0.5) is 23.7 Å². The molecule has 1 unspecified atom stereocenters. The van der Waals surface area contributed by atoms with Crippen molar-refractivity contribution in [1.29, 1.82) is 0 Å². The molecule has 1 aromatic heterocycles. The lowest BCUT2D eigenvalue weighted by Crippen LogP contribution is -2.53. The van der Waals surface area contributed by atoms with E-state index in [-0.39, 0.29) is 18.9 Å². The number of aromatic nitrogens is 1. The van der Waals surface area contributed by atoms with E-state index in [1.165, 1.54) is 12.1 Å². The van der Waals surface area contributed by atoms with Gasteiger partial charge in [0, 0.05) is 12.8 Å². The number of aliphatic hydroxyl groups is 1. The molecule has 3 N–H and O–H groups in total. The SMILES string of the molecule is O=C(Nc1cccn(CC(F)(F)F)c1=O)NC1(CO)CCOC1. The van der Waals surface area contributed by atoms with Crippen LogP contribution in [-0.4, -0.2) is 47.2 Å². The molecule has 1 atom stereocenters. The van der Waals surface area contributed by atoms with Gasteiger partial charge in [-0.2, -0.15) is 13.2 Å². The van der Waals surface area contributed by atoms with E-state index in [0.717, 1.165) is 6.20 Å². The summed E-state index contributed by atoms with van der Waals surface area (Å²) in [7, 11) is 0. The van der Waals surface area contributed by atoms with Gasteiger partial charge in [0.2, 0.25) is 0 Å². The molecule has 0 radical (unpaired) electrons. The molecule has 23 heavy (non-hydrogen) atoms. The Morgan fingerprint density at radius 1 is 1.48 bits per heavy atom. The summed E-state index contributed by atoms with van der Waals surface area (Å²) in [6.07, 6.45) is -3.17. The number of nitrogens with zero attached hydrogens (tertiary/aromatic N) is 1. The van der Waals surface area contributed by atoms with Crippen LogP contribution in [0.2, 0.25) is 0 Å². The Morgan fingerprint density at radius 2 is 2.22 bits per heavy atom. The number of pyridine rings is 1. The zero-order valence-electron chi connectivity index (χ0n) is 12.0. The lowest BCUT2D eigenvalue weighted by atomic mass is 10.0. The summed E-state index contributed by atoms with van der Waals surface area (Å²) in [5, 5.41) is 14.0. The van der Waals surface area contributed by atoms with E-state index in [0.29, 0.717) is 17.6 Å². The molecule has 1 aliphatic heterocycles. The maximum absolute atomic E-state index is 12.4. The van der Waals surface area contributed by atoms with Crippen molar-refractivity contribution in [1.82, 2.24) is 9.88 Å². The highest BCUT2D eigenvalue weighted by Gasteiger charge is 2.36. The van der Waals surface area contributed by atoms with Gasteiger partial charge in [-0.25, -0.2) is 4.79 Å². The minimum atomic E-state index is -4.55. The van der Waals surface area contributed by atoms with Crippen molar-refractivity contribution in [2.45, 2.75) is 24.7 Å².